The van der Waals surface area contributed by atoms with Gasteiger partial charge in [-0.2, -0.15) is 0 Å². The standard InChI is InChI=1S/C17H32N4O2S2.HI/c1-6-8-9-10-14(3)20-17(18-7-2)19-13-15-11-12-16(24-15)25(22,23)21(4)5;/h11-12,14H,6-10,13H2,1-5H3,(H2,18,19,20);1H. The number of hydrogen-bond acceptors (Lipinski definition) is 4. The second-order valence-electron chi connectivity index (χ2n) is 6.24. The monoisotopic (exact) mass is 516 g/mol. The molecule has 0 aliphatic carbocycles. The van der Waals surface area contributed by atoms with Crippen molar-refractivity contribution in [1.82, 2.24) is 14.9 Å². The van der Waals surface area contributed by atoms with Crippen LogP contribution in [-0.2, 0) is 16.6 Å². The van der Waals surface area contributed by atoms with Gasteiger partial charge in [0.2, 0.25) is 0 Å². The maximum Gasteiger partial charge on any atom is 0.252 e. The average molecular weight is 517 g/mol. The van der Waals surface area contributed by atoms with Crippen LogP contribution in [0.2, 0.25) is 0 Å². The number of hydrogen-bond donors (Lipinski definition) is 2. The van der Waals surface area contributed by atoms with Crippen LogP contribution >= 0.6 is 35.3 Å². The summed E-state index contributed by atoms with van der Waals surface area (Å²) in [5.41, 5.74) is 0. The zero-order chi connectivity index (χ0) is 18.9. The highest BCUT2D eigenvalue weighted by Crippen LogP contribution is 2.24. The first kappa shape index (κ1) is 25.6. The highest BCUT2D eigenvalue weighted by atomic mass is 127. The summed E-state index contributed by atoms with van der Waals surface area (Å²) in [6.07, 6.45) is 4.79. The number of nitrogens with one attached hydrogen (secondary N) is 2. The molecule has 0 fully saturated rings. The minimum Gasteiger partial charge on any atom is -0.357 e. The summed E-state index contributed by atoms with van der Waals surface area (Å²) in [6, 6.07) is 3.84. The zero-order valence-corrected chi connectivity index (χ0v) is 20.4. The van der Waals surface area contributed by atoms with Crippen LogP contribution in [-0.4, -0.2) is 45.4 Å². The van der Waals surface area contributed by atoms with E-state index >= 15 is 0 Å². The normalized spacial score (nSPS) is 13.4. The molecule has 0 aliphatic rings. The molecule has 1 heterocycles. The number of guanidine groups is 1. The van der Waals surface area contributed by atoms with Crippen LogP contribution in [0.3, 0.4) is 0 Å². The number of aliphatic imine (C=N–C) groups is 1. The highest BCUT2D eigenvalue weighted by molar-refractivity contribution is 14.0. The van der Waals surface area contributed by atoms with Gasteiger partial charge in [0.25, 0.3) is 10.0 Å². The number of unbranched alkanes of at least 4 members (excludes halogenated alkanes) is 2. The summed E-state index contributed by atoms with van der Waals surface area (Å²) in [6.45, 7) is 7.65. The van der Waals surface area contributed by atoms with Gasteiger partial charge >= 0.3 is 0 Å². The molecule has 0 aromatic carbocycles. The van der Waals surface area contributed by atoms with Gasteiger partial charge < -0.3 is 10.6 Å². The Hall–Kier alpha value is -0.390. The Morgan fingerprint density at radius 3 is 2.54 bits per heavy atom. The van der Waals surface area contributed by atoms with Crippen LogP contribution in [0.15, 0.2) is 21.3 Å². The molecular weight excluding hydrogens is 483 g/mol. The van der Waals surface area contributed by atoms with Crippen LogP contribution in [0.5, 0.6) is 0 Å². The quantitative estimate of drug-likeness (QED) is 0.216. The van der Waals surface area contributed by atoms with E-state index in [0.29, 0.717) is 16.8 Å². The SMILES string of the molecule is CCCCCC(C)NC(=NCc1ccc(S(=O)(=O)N(C)C)s1)NCC.I. The van der Waals surface area contributed by atoms with E-state index in [1.165, 1.54) is 34.9 Å². The Kier molecular flexibility index (Phi) is 12.7. The number of nitrogens with zero attached hydrogens (tertiary/aromatic N) is 2. The van der Waals surface area contributed by atoms with Gasteiger partial charge in [0, 0.05) is 31.6 Å². The maximum absolute atomic E-state index is 12.1. The first-order valence-corrected chi connectivity index (χ1v) is 11.1. The van der Waals surface area contributed by atoms with Crippen molar-refractivity contribution in [3.8, 4) is 0 Å². The van der Waals surface area contributed by atoms with Crippen LogP contribution < -0.4 is 10.6 Å². The predicted molar refractivity (Wildman–Crippen MR) is 122 cm³/mol. The molecule has 1 atom stereocenters. The smallest absolute Gasteiger partial charge is 0.252 e. The van der Waals surface area contributed by atoms with E-state index in [2.05, 4.69) is 29.5 Å². The van der Waals surface area contributed by atoms with Gasteiger partial charge in [-0.25, -0.2) is 17.7 Å². The van der Waals surface area contributed by atoms with E-state index in [-0.39, 0.29) is 24.0 Å². The fraction of sp³-hybridized carbons (Fsp3) is 0.706. The number of thiophene rings is 1. The molecule has 1 aromatic rings. The number of rotatable bonds is 10. The Morgan fingerprint density at radius 2 is 1.96 bits per heavy atom. The second kappa shape index (κ2) is 12.9. The van der Waals surface area contributed by atoms with Gasteiger partial charge in [-0.15, -0.1) is 35.3 Å². The van der Waals surface area contributed by atoms with Crippen molar-refractivity contribution in [2.24, 2.45) is 4.99 Å². The summed E-state index contributed by atoms with van der Waals surface area (Å²) in [7, 11) is -0.281. The van der Waals surface area contributed by atoms with Gasteiger partial charge in [-0.05, 0) is 32.4 Å². The lowest BCUT2D eigenvalue weighted by Crippen LogP contribution is -2.42. The molecule has 0 aliphatic heterocycles. The molecule has 1 aromatic heterocycles. The van der Waals surface area contributed by atoms with E-state index in [1.54, 1.807) is 20.2 Å². The van der Waals surface area contributed by atoms with Crippen molar-refractivity contribution < 1.29 is 8.42 Å². The summed E-state index contributed by atoms with van der Waals surface area (Å²) in [5, 5.41) is 6.67. The third-order valence-corrected chi connectivity index (χ3v) is 7.09. The van der Waals surface area contributed by atoms with Crippen molar-refractivity contribution in [3.05, 3.63) is 17.0 Å². The number of halogens is 1. The molecule has 0 spiro atoms. The Labute approximate surface area is 179 Å². The fourth-order valence-corrected chi connectivity index (χ4v) is 4.69. The molecular formula is C17H33IN4O2S2. The molecule has 0 radical (unpaired) electrons. The molecule has 0 saturated heterocycles. The Balaban J connectivity index is 0.00000625. The first-order chi connectivity index (χ1) is 11.8. The summed E-state index contributed by atoms with van der Waals surface area (Å²) in [4.78, 5) is 5.52. The molecule has 0 bridgehead atoms. The van der Waals surface area contributed by atoms with Crippen LogP contribution in [0.1, 0.15) is 51.3 Å². The molecule has 9 heteroatoms. The lowest BCUT2D eigenvalue weighted by molar-refractivity contribution is 0.523. The number of sulfonamides is 1. The first-order valence-electron chi connectivity index (χ1n) is 8.87. The molecule has 6 nitrogen and oxygen atoms in total. The Bertz CT molecular complexity index is 645. The summed E-state index contributed by atoms with van der Waals surface area (Å²) in [5.74, 6) is 0.775. The topological polar surface area (TPSA) is 73.8 Å². The molecule has 0 amide bonds. The van der Waals surface area contributed by atoms with Crippen molar-refractivity contribution in [2.75, 3.05) is 20.6 Å². The van der Waals surface area contributed by atoms with Crippen molar-refractivity contribution in [3.63, 3.8) is 0 Å². The fourth-order valence-electron chi connectivity index (χ4n) is 2.24. The van der Waals surface area contributed by atoms with Gasteiger partial charge in [0.15, 0.2) is 5.96 Å². The molecule has 2 N–H and O–H groups in total. The summed E-state index contributed by atoms with van der Waals surface area (Å²) >= 11 is 1.27. The minimum absolute atomic E-state index is 0. The van der Waals surface area contributed by atoms with Gasteiger partial charge in [0.05, 0.1) is 6.54 Å². The molecule has 0 saturated carbocycles. The van der Waals surface area contributed by atoms with Crippen LogP contribution in [0, 0.1) is 0 Å². The van der Waals surface area contributed by atoms with Crippen LogP contribution in [0.25, 0.3) is 0 Å². The van der Waals surface area contributed by atoms with Gasteiger partial charge in [-0.1, -0.05) is 26.2 Å². The van der Waals surface area contributed by atoms with E-state index in [4.69, 9.17) is 0 Å². The zero-order valence-electron chi connectivity index (χ0n) is 16.4. The van der Waals surface area contributed by atoms with Crippen molar-refractivity contribution in [2.45, 2.75) is 63.3 Å². The lowest BCUT2D eigenvalue weighted by atomic mass is 10.1. The molecule has 1 rings (SSSR count). The minimum atomic E-state index is -3.36. The summed E-state index contributed by atoms with van der Waals surface area (Å²) < 4.78 is 25.9. The Morgan fingerprint density at radius 1 is 1.27 bits per heavy atom. The van der Waals surface area contributed by atoms with Crippen molar-refractivity contribution >= 4 is 51.3 Å². The van der Waals surface area contributed by atoms with E-state index in [1.807, 2.05) is 13.0 Å². The maximum atomic E-state index is 12.1. The molecule has 26 heavy (non-hydrogen) atoms. The largest absolute Gasteiger partial charge is 0.357 e. The van der Waals surface area contributed by atoms with E-state index < -0.39 is 10.0 Å². The lowest BCUT2D eigenvalue weighted by Gasteiger charge is -2.17. The second-order valence-corrected chi connectivity index (χ2v) is 9.79. The van der Waals surface area contributed by atoms with Crippen molar-refractivity contribution in [1.29, 1.82) is 0 Å². The third kappa shape index (κ3) is 8.53. The van der Waals surface area contributed by atoms with Gasteiger partial charge in [-0.3, -0.25) is 0 Å². The molecule has 152 valence electrons. The van der Waals surface area contributed by atoms with Crippen LogP contribution in [0.4, 0.5) is 0 Å². The third-order valence-electron chi connectivity index (χ3n) is 3.73. The van der Waals surface area contributed by atoms with E-state index in [0.717, 1.165) is 23.8 Å². The predicted octanol–water partition coefficient (Wildman–Crippen LogP) is 3.64. The average Bonchev–Trinajstić information content (AvgIpc) is 3.02. The molecule has 1 unspecified atom stereocenters. The van der Waals surface area contributed by atoms with E-state index in [9.17, 15) is 8.42 Å². The highest BCUT2D eigenvalue weighted by Gasteiger charge is 2.19. The van der Waals surface area contributed by atoms with Gasteiger partial charge in [0.1, 0.15) is 4.21 Å².